The van der Waals surface area contributed by atoms with Gasteiger partial charge in [0.15, 0.2) is 0 Å². The van der Waals surface area contributed by atoms with Gasteiger partial charge in [0, 0.05) is 3.57 Å². The van der Waals surface area contributed by atoms with E-state index < -0.39 is 0 Å². The lowest BCUT2D eigenvalue weighted by Crippen LogP contribution is -1.77. The number of benzene rings is 2. The van der Waals surface area contributed by atoms with Crippen molar-refractivity contribution in [1.82, 2.24) is 0 Å². The molecule has 13 heavy (non-hydrogen) atoms. The van der Waals surface area contributed by atoms with Crippen molar-refractivity contribution in [2.24, 2.45) is 0 Å². The summed E-state index contributed by atoms with van der Waals surface area (Å²) >= 11 is 2.28. The van der Waals surface area contributed by atoms with Crippen LogP contribution in [0.25, 0.3) is 10.8 Å². The predicted molar refractivity (Wildman–Crippen MR) is 61.4 cm³/mol. The number of hydrogen-bond acceptors (Lipinski definition) is 1. The van der Waals surface area contributed by atoms with Gasteiger partial charge in [-0.2, -0.15) is 5.26 Å². The van der Waals surface area contributed by atoms with Crippen molar-refractivity contribution in [3.8, 4) is 6.07 Å². The van der Waals surface area contributed by atoms with Crippen LogP contribution in [0, 0.1) is 14.9 Å². The maximum atomic E-state index is 8.70. The van der Waals surface area contributed by atoms with Crippen LogP contribution in [0.15, 0.2) is 36.4 Å². The summed E-state index contributed by atoms with van der Waals surface area (Å²) in [5.74, 6) is 0. The predicted octanol–water partition coefficient (Wildman–Crippen LogP) is 3.32. The summed E-state index contributed by atoms with van der Waals surface area (Å²) in [5, 5.41) is 11.0. The minimum Gasteiger partial charge on any atom is -0.192 e. The van der Waals surface area contributed by atoms with Gasteiger partial charge in [0.05, 0.1) is 11.6 Å². The first kappa shape index (κ1) is 8.52. The molecule has 2 aromatic rings. The van der Waals surface area contributed by atoms with Crippen LogP contribution in [-0.2, 0) is 0 Å². The fraction of sp³-hybridized carbons (Fsp3) is 0. The molecule has 0 bridgehead atoms. The summed E-state index contributed by atoms with van der Waals surface area (Å²) in [6.07, 6.45) is 0. The highest BCUT2D eigenvalue weighted by Gasteiger charge is 1.95. The molecular formula is C11H6IN. The topological polar surface area (TPSA) is 23.8 Å². The number of nitrogens with zero attached hydrogens (tertiary/aromatic N) is 1. The van der Waals surface area contributed by atoms with Gasteiger partial charge >= 0.3 is 0 Å². The summed E-state index contributed by atoms with van der Waals surface area (Å²) in [6.45, 7) is 0. The summed E-state index contributed by atoms with van der Waals surface area (Å²) in [7, 11) is 0. The summed E-state index contributed by atoms with van der Waals surface area (Å²) in [6, 6.07) is 14.1. The van der Waals surface area contributed by atoms with E-state index in [-0.39, 0.29) is 0 Å². The molecule has 0 spiro atoms. The molecule has 0 heterocycles. The molecule has 0 aliphatic carbocycles. The smallest absolute Gasteiger partial charge is 0.0991 e. The Morgan fingerprint density at radius 3 is 2.46 bits per heavy atom. The molecule has 0 radical (unpaired) electrons. The van der Waals surface area contributed by atoms with E-state index in [1.165, 1.54) is 8.96 Å². The zero-order valence-corrected chi connectivity index (χ0v) is 8.95. The lowest BCUT2D eigenvalue weighted by Gasteiger charge is -1.98. The Balaban J connectivity index is 2.75. The van der Waals surface area contributed by atoms with Crippen LogP contribution >= 0.6 is 22.6 Å². The van der Waals surface area contributed by atoms with Crippen LogP contribution in [0.3, 0.4) is 0 Å². The largest absolute Gasteiger partial charge is 0.192 e. The van der Waals surface area contributed by atoms with Gasteiger partial charge in [0.25, 0.3) is 0 Å². The molecule has 2 aromatic carbocycles. The Morgan fingerprint density at radius 2 is 1.69 bits per heavy atom. The van der Waals surface area contributed by atoms with Gasteiger partial charge in [-0.1, -0.05) is 12.1 Å². The zero-order chi connectivity index (χ0) is 9.26. The van der Waals surface area contributed by atoms with Crippen molar-refractivity contribution in [1.29, 1.82) is 5.26 Å². The molecule has 0 aromatic heterocycles. The second-order valence-corrected chi connectivity index (χ2v) is 4.06. The summed E-state index contributed by atoms with van der Waals surface area (Å²) in [4.78, 5) is 0. The molecule has 0 saturated carbocycles. The average molecular weight is 279 g/mol. The third-order valence-electron chi connectivity index (χ3n) is 1.93. The van der Waals surface area contributed by atoms with Crippen LogP contribution in [-0.4, -0.2) is 0 Å². The molecule has 0 atom stereocenters. The highest BCUT2D eigenvalue weighted by atomic mass is 127. The standard InChI is InChI=1S/C11H6IN/c12-11-4-3-9-5-8(7-13)1-2-10(9)6-11/h1-6H. The fourth-order valence-corrected chi connectivity index (χ4v) is 1.80. The van der Waals surface area contributed by atoms with E-state index >= 15 is 0 Å². The van der Waals surface area contributed by atoms with Gasteiger partial charge in [0.2, 0.25) is 0 Å². The second-order valence-electron chi connectivity index (χ2n) is 2.82. The highest BCUT2D eigenvalue weighted by molar-refractivity contribution is 14.1. The van der Waals surface area contributed by atoms with E-state index in [2.05, 4.69) is 34.7 Å². The number of hydrogen-bond donors (Lipinski definition) is 0. The molecule has 62 valence electrons. The number of rotatable bonds is 0. The van der Waals surface area contributed by atoms with Crippen molar-refractivity contribution in [3.63, 3.8) is 0 Å². The first-order chi connectivity index (χ1) is 6.29. The van der Waals surface area contributed by atoms with Crippen LogP contribution in [0.1, 0.15) is 5.56 Å². The summed E-state index contributed by atoms with van der Waals surface area (Å²) < 4.78 is 1.22. The van der Waals surface area contributed by atoms with Gasteiger partial charge in [-0.3, -0.25) is 0 Å². The second kappa shape index (κ2) is 3.35. The minimum atomic E-state index is 0.716. The molecular weight excluding hydrogens is 273 g/mol. The van der Waals surface area contributed by atoms with Gasteiger partial charge in [0.1, 0.15) is 0 Å². The third kappa shape index (κ3) is 1.65. The van der Waals surface area contributed by atoms with Crippen molar-refractivity contribution in [2.75, 3.05) is 0 Å². The molecule has 0 aliphatic heterocycles. The number of nitriles is 1. The quantitative estimate of drug-likeness (QED) is 0.679. The van der Waals surface area contributed by atoms with Gasteiger partial charge in [-0.15, -0.1) is 0 Å². The Bertz CT molecular complexity index is 497. The molecule has 0 amide bonds. The van der Waals surface area contributed by atoms with E-state index in [0.29, 0.717) is 5.56 Å². The van der Waals surface area contributed by atoms with Crippen LogP contribution in [0.5, 0.6) is 0 Å². The van der Waals surface area contributed by atoms with Crippen molar-refractivity contribution < 1.29 is 0 Å². The minimum absolute atomic E-state index is 0.716. The average Bonchev–Trinajstić information content (AvgIpc) is 2.17. The normalized spacial score (nSPS) is 9.85. The van der Waals surface area contributed by atoms with E-state index in [1.807, 2.05) is 30.3 Å². The van der Waals surface area contributed by atoms with Crippen LogP contribution < -0.4 is 0 Å². The maximum absolute atomic E-state index is 8.70. The molecule has 0 fully saturated rings. The molecule has 1 nitrogen and oxygen atoms in total. The Kier molecular flexibility index (Phi) is 2.19. The number of fused-ring (bicyclic) bond motifs is 1. The third-order valence-corrected chi connectivity index (χ3v) is 2.60. The van der Waals surface area contributed by atoms with Gasteiger partial charge < -0.3 is 0 Å². The van der Waals surface area contributed by atoms with E-state index in [0.717, 1.165) is 5.39 Å². The SMILES string of the molecule is N#Cc1ccc2cc(I)ccc2c1. The van der Waals surface area contributed by atoms with Crippen LogP contribution in [0.2, 0.25) is 0 Å². The molecule has 0 N–H and O–H groups in total. The van der Waals surface area contributed by atoms with Gasteiger partial charge in [-0.25, -0.2) is 0 Å². The Morgan fingerprint density at radius 1 is 1.00 bits per heavy atom. The first-order valence-corrected chi connectivity index (χ1v) is 4.97. The van der Waals surface area contributed by atoms with E-state index in [9.17, 15) is 0 Å². The van der Waals surface area contributed by atoms with Gasteiger partial charge in [-0.05, 0) is 57.6 Å². The van der Waals surface area contributed by atoms with Crippen LogP contribution in [0.4, 0.5) is 0 Å². The fourth-order valence-electron chi connectivity index (χ4n) is 1.29. The van der Waals surface area contributed by atoms with Crippen molar-refractivity contribution in [2.45, 2.75) is 0 Å². The molecule has 2 rings (SSSR count). The molecule has 0 aliphatic rings. The lowest BCUT2D eigenvalue weighted by molar-refractivity contribution is 1.49. The molecule has 0 saturated heterocycles. The zero-order valence-electron chi connectivity index (χ0n) is 6.79. The van der Waals surface area contributed by atoms with E-state index in [1.54, 1.807) is 0 Å². The molecule has 0 unspecified atom stereocenters. The maximum Gasteiger partial charge on any atom is 0.0991 e. The van der Waals surface area contributed by atoms with Crippen molar-refractivity contribution in [3.05, 3.63) is 45.5 Å². The van der Waals surface area contributed by atoms with E-state index in [4.69, 9.17) is 5.26 Å². The molecule has 2 heteroatoms. The first-order valence-electron chi connectivity index (χ1n) is 3.89. The van der Waals surface area contributed by atoms with Crippen molar-refractivity contribution >= 4 is 33.4 Å². The Hall–Kier alpha value is -1.08. The number of halogens is 1. The monoisotopic (exact) mass is 279 g/mol. The summed E-state index contributed by atoms with van der Waals surface area (Å²) in [5.41, 5.74) is 0.716. The highest BCUT2D eigenvalue weighted by Crippen LogP contribution is 2.18. The lowest BCUT2D eigenvalue weighted by atomic mass is 10.1. The Labute approximate surface area is 90.1 Å².